The summed E-state index contributed by atoms with van der Waals surface area (Å²) in [4.78, 5) is 0. The largest absolute Gasteiger partial charge is 0.457 e. The van der Waals surface area contributed by atoms with Gasteiger partial charge in [-0.05, 0) is 26.0 Å². The Morgan fingerprint density at radius 3 is 2.42 bits per heavy atom. The molecule has 5 heteroatoms. The molecule has 0 aliphatic heterocycles. The van der Waals surface area contributed by atoms with Crippen LogP contribution in [0.15, 0.2) is 30.3 Å². The number of hydrogen-bond acceptors (Lipinski definition) is 5. The summed E-state index contributed by atoms with van der Waals surface area (Å²) in [6.07, 6.45) is -0.987. The summed E-state index contributed by atoms with van der Waals surface area (Å²) >= 11 is 0. The average molecular weight is 270 g/mol. The van der Waals surface area contributed by atoms with Gasteiger partial charge in [0, 0.05) is 6.61 Å². The van der Waals surface area contributed by atoms with E-state index in [0.29, 0.717) is 19.0 Å². The maximum atomic E-state index is 9.83. The third-order valence-corrected chi connectivity index (χ3v) is 2.67. The molecule has 0 aliphatic carbocycles. The fourth-order valence-electron chi connectivity index (χ4n) is 1.55. The van der Waals surface area contributed by atoms with E-state index in [4.69, 9.17) is 14.2 Å². The Morgan fingerprint density at radius 1 is 1.21 bits per heavy atom. The molecule has 0 saturated carbocycles. The molecule has 0 aliphatic rings. The Kier molecular flexibility index (Phi) is 6.80. The van der Waals surface area contributed by atoms with Crippen LogP contribution in [-0.2, 0) is 9.47 Å². The van der Waals surface area contributed by atoms with Gasteiger partial charge < -0.3 is 24.4 Å². The first-order valence-corrected chi connectivity index (χ1v) is 6.39. The lowest BCUT2D eigenvalue weighted by molar-refractivity contribution is -0.255. The van der Waals surface area contributed by atoms with Crippen LogP contribution in [0.1, 0.15) is 13.8 Å². The quantitative estimate of drug-likeness (QED) is 0.521. The number of aliphatic hydroxyl groups excluding tert-OH is 2. The first-order chi connectivity index (χ1) is 9.14. The minimum Gasteiger partial charge on any atom is -0.457 e. The summed E-state index contributed by atoms with van der Waals surface area (Å²) in [6.45, 7) is 4.14. The minimum atomic E-state index is -1.47. The highest BCUT2D eigenvalue weighted by Crippen LogP contribution is 2.22. The molecule has 108 valence electrons. The highest BCUT2D eigenvalue weighted by atomic mass is 16.7. The second-order valence-electron chi connectivity index (χ2n) is 4.11. The van der Waals surface area contributed by atoms with Crippen molar-refractivity contribution in [1.29, 1.82) is 0 Å². The van der Waals surface area contributed by atoms with Crippen LogP contribution in [0.25, 0.3) is 0 Å². The lowest BCUT2D eigenvalue weighted by atomic mass is 10.1. The predicted molar refractivity (Wildman–Crippen MR) is 71.0 cm³/mol. The molecular weight excluding hydrogens is 248 g/mol. The van der Waals surface area contributed by atoms with Crippen LogP contribution >= 0.6 is 0 Å². The topological polar surface area (TPSA) is 68.2 Å². The molecular formula is C14H22O5. The zero-order valence-electron chi connectivity index (χ0n) is 11.4. The molecule has 2 unspecified atom stereocenters. The Labute approximate surface area is 113 Å². The van der Waals surface area contributed by atoms with Crippen molar-refractivity contribution in [3.63, 3.8) is 0 Å². The van der Waals surface area contributed by atoms with E-state index in [2.05, 4.69) is 0 Å². The van der Waals surface area contributed by atoms with Crippen molar-refractivity contribution in [3.8, 4) is 5.75 Å². The van der Waals surface area contributed by atoms with Gasteiger partial charge in [-0.1, -0.05) is 18.2 Å². The van der Waals surface area contributed by atoms with Crippen molar-refractivity contribution < 1.29 is 24.4 Å². The van der Waals surface area contributed by atoms with Crippen LogP contribution in [0.3, 0.4) is 0 Å². The molecule has 0 radical (unpaired) electrons. The molecule has 19 heavy (non-hydrogen) atoms. The maximum Gasteiger partial charge on any atom is 0.259 e. The number of ether oxygens (including phenoxy) is 3. The summed E-state index contributed by atoms with van der Waals surface area (Å²) in [5.41, 5.74) is 0. The zero-order chi connectivity index (χ0) is 14.1. The van der Waals surface area contributed by atoms with E-state index < -0.39 is 18.5 Å². The monoisotopic (exact) mass is 270 g/mol. The standard InChI is InChI=1S/C14H22O5/c1-3-17-9-10-18-14(11-15,12(2)16)19-13-7-5-4-6-8-13/h4-8,12,15-16H,3,9-11H2,1-2H3. The number of rotatable bonds is 9. The normalized spacial score (nSPS) is 15.8. The van der Waals surface area contributed by atoms with Crippen LogP contribution in [0.2, 0.25) is 0 Å². The van der Waals surface area contributed by atoms with Gasteiger partial charge >= 0.3 is 0 Å². The molecule has 0 spiro atoms. The molecule has 0 bridgehead atoms. The summed E-state index contributed by atoms with van der Waals surface area (Å²) in [5, 5.41) is 19.3. The molecule has 0 amide bonds. The average Bonchev–Trinajstić information content (AvgIpc) is 2.43. The molecule has 1 aromatic rings. The summed E-state index contributed by atoms with van der Waals surface area (Å²) in [7, 11) is 0. The summed E-state index contributed by atoms with van der Waals surface area (Å²) in [6, 6.07) is 8.93. The molecule has 0 heterocycles. The Hall–Kier alpha value is -1.14. The predicted octanol–water partition coefficient (Wildman–Crippen LogP) is 1.19. The molecule has 0 aromatic heterocycles. The molecule has 1 aromatic carbocycles. The number of para-hydroxylation sites is 1. The van der Waals surface area contributed by atoms with Crippen LogP contribution in [0.5, 0.6) is 5.75 Å². The van der Waals surface area contributed by atoms with Gasteiger partial charge in [0.15, 0.2) is 0 Å². The fraction of sp³-hybridized carbons (Fsp3) is 0.571. The number of benzene rings is 1. The summed E-state index contributed by atoms with van der Waals surface area (Å²) < 4.78 is 16.3. The van der Waals surface area contributed by atoms with Crippen LogP contribution in [0.4, 0.5) is 0 Å². The first kappa shape index (κ1) is 15.9. The van der Waals surface area contributed by atoms with E-state index in [1.165, 1.54) is 6.92 Å². The van der Waals surface area contributed by atoms with E-state index in [1.807, 2.05) is 13.0 Å². The van der Waals surface area contributed by atoms with Gasteiger partial charge in [0.1, 0.15) is 18.5 Å². The number of aliphatic hydroxyl groups is 2. The van der Waals surface area contributed by atoms with Crippen molar-refractivity contribution in [2.45, 2.75) is 25.7 Å². The lowest BCUT2D eigenvalue weighted by Gasteiger charge is -2.34. The van der Waals surface area contributed by atoms with E-state index in [9.17, 15) is 10.2 Å². The van der Waals surface area contributed by atoms with Gasteiger partial charge in [-0.2, -0.15) is 0 Å². The van der Waals surface area contributed by atoms with Crippen molar-refractivity contribution in [2.75, 3.05) is 26.4 Å². The van der Waals surface area contributed by atoms with Gasteiger partial charge in [-0.25, -0.2) is 0 Å². The van der Waals surface area contributed by atoms with Crippen molar-refractivity contribution in [1.82, 2.24) is 0 Å². The highest BCUT2D eigenvalue weighted by Gasteiger charge is 2.38. The second kappa shape index (κ2) is 8.12. The van der Waals surface area contributed by atoms with E-state index in [1.54, 1.807) is 24.3 Å². The van der Waals surface area contributed by atoms with Crippen molar-refractivity contribution in [3.05, 3.63) is 30.3 Å². The van der Waals surface area contributed by atoms with Gasteiger partial charge in [-0.15, -0.1) is 0 Å². The van der Waals surface area contributed by atoms with E-state index >= 15 is 0 Å². The van der Waals surface area contributed by atoms with Crippen LogP contribution < -0.4 is 4.74 Å². The molecule has 2 atom stereocenters. The van der Waals surface area contributed by atoms with Crippen LogP contribution in [-0.4, -0.2) is 48.5 Å². The fourth-order valence-corrected chi connectivity index (χ4v) is 1.55. The molecule has 5 nitrogen and oxygen atoms in total. The maximum absolute atomic E-state index is 9.83. The Morgan fingerprint density at radius 2 is 1.89 bits per heavy atom. The van der Waals surface area contributed by atoms with Crippen LogP contribution in [0, 0.1) is 0 Å². The molecule has 2 N–H and O–H groups in total. The zero-order valence-corrected chi connectivity index (χ0v) is 11.4. The van der Waals surface area contributed by atoms with Gasteiger partial charge in [0.2, 0.25) is 0 Å². The van der Waals surface area contributed by atoms with Gasteiger partial charge in [-0.3, -0.25) is 0 Å². The molecule has 0 saturated heterocycles. The minimum absolute atomic E-state index is 0.228. The van der Waals surface area contributed by atoms with Gasteiger partial charge in [0.05, 0.1) is 13.2 Å². The van der Waals surface area contributed by atoms with Gasteiger partial charge in [0.25, 0.3) is 5.79 Å². The third kappa shape index (κ3) is 4.80. The van der Waals surface area contributed by atoms with Crippen molar-refractivity contribution in [2.24, 2.45) is 0 Å². The molecule has 1 rings (SSSR count). The summed E-state index contributed by atoms with van der Waals surface area (Å²) in [5.74, 6) is -0.952. The smallest absolute Gasteiger partial charge is 0.259 e. The number of hydrogen-bond donors (Lipinski definition) is 2. The highest BCUT2D eigenvalue weighted by molar-refractivity contribution is 5.21. The van der Waals surface area contributed by atoms with E-state index in [-0.39, 0.29) is 6.61 Å². The Bertz CT molecular complexity index is 341. The second-order valence-corrected chi connectivity index (χ2v) is 4.11. The first-order valence-electron chi connectivity index (χ1n) is 6.39. The lowest BCUT2D eigenvalue weighted by Crippen LogP contribution is -2.52. The van der Waals surface area contributed by atoms with E-state index in [0.717, 1.165) is 0 Å². The SMILES string of the molecule is CCOCCOC(CO)(Oc1ccccc1)C(C)O. The molecule has 0 fully saturated rings. The Balaban J connectivity index is 2.69. The third-order valence-electron chi connectivity index (χ3n) is 2.67. The van der Waals surface area contributed by atoms with Crippen molar-refractivity contribution >= 4 is 0 Å².